The zero-order chi connectivity index (χ0) is 12.1. The number of phenols is 1. The summed E-state index contributed by atoms with van der Waals surface area (Å²) in [4.78, 5) is 22.5. The number of amides is 1. The van der Waals surface area contributed by atoms with E-state index in [0.29, 0.717) is 12.1 Å². The SMILES string of the molecule is CCCC(=O)c1cc(NC(C)=O)ccc1O. The molecule has 0 atom stereocenters. The van der Waals surface area contributed by atoms with E-state index < -0.39 is 0 Å². The van der Waals surface area contributed by atoms with Crippen molar-refractivity contribution < 1.29 is 14.7 Å². The zero-order valence-electron chi connectivity index (χ0n) is 9.41. The smallest absolute Gasteiger partial charge is 0.221 e. The molecule has 4 heteroatoms. The van der Waals surface area contributed by atoms with E-state index in [1.165, 1.54) is 19.1 Å². The fraction of sp³-hybridized carbons (Fsp3) is 0.333. The first-order valence-electron chi connectivity index (χ1n) is 5.18. The van der Waals surface area contributed by atoms with E-state index in [-0.39, 0.29) is 23.0 Å². The molecule has 0 aliphatic heterocycles. The Morgan fingerprint density at radius 2 is 2.06 bits per heavy atom. The van der Waals surface area contributed by atoms with Crippen molar-refractivity contribution in [1.82, 2.24) is 0 Å². The average molecular weight is 221 g/mol. The Labute approximate surface area is 94.3 Å². The van der Waals surface area contributed by atoms with Crippen LogP contribution in [0.15, 0.2) is 18.2 Å². The van der Waals surface area contributed by atoms with Crippen LogP contribution in [0.3, 0.4) is 0 Å². The van der Waals surface area contributed by atoms with Gasteiger partial charge in [0.2, 0.25) is 5.91 Å². The van der Waals surface area contributed by atoms with Gasteiger partial charge in [0, 0.05) is 19.0 Å². The molecule has 0 radical (unpaired) electrons. The predicted molar refractivity (Wildman–Crippen MR) is 61.6 cm³/mol. The Kier molecular flexibility index (Phi) is 4.05. The Balaban J connectivity index is 2.98. The minimum Gasteiger partial charge on any atom is -0.507 e. The molecule has 0 saturated carbocycles. The molecule has 16 heavy (non-hydrogen) atoms. The lowest BCUT2D eigenvalue weighted by Crippen LogP contribution is -2.07. The molecule has 4 nitrogen and oxygen atoms in total. The maximum absolute atomic E-state index is 11.6. The number of nitrogens with one attached hydrogen (secondary N) is 1. The van der Waals surface area contributed by atoms with Gasteiger partial charge in [-0.05, 0) is 24.6 Å². The summed E-state index contributed by atoms with van der Waals surface area (Å²) in [6.07, 6.45) is 1.11. The van der Waals surface area contributed by atoms with E-state index >= 15 is 0 Å². The molecule has 1 amide bonds. The van der Waals surface area contributed by atoms with Crippen LogP contribution in [0.2, 0.25) is 0 Å². The number of anilines is 1. The second-order valence-corrected chi connectivity index (χ2v) is 3.59. The van der Waals surface area contributed by atoms with Crippen molar-refractivity contribution in [1.29, 1.82) is 0 Å². The van der Waals surface area contributed by atoms with Crippen LogP contribution in [-0.2, 0) is 4.79 Å². The van der Waals surface area contributed by atoms with Crippen molar-refractivity contribution in [2.24, 2.45) is 0 Å². The number of phenolic OH excluding ortho intramolecular Hbond substituents is 1. The third kappa shape index (κ3) is 3.08. The number of carbonyl (C=O) groups is 2. The molecule has 0 saturated heterocycles. The molecule has 0 fully saturated rings. The third-order valence-electron chi connectivity index (χ3n) is 2.09. The molecule has 0 bridgehead atoms. The van der Waals surface area contributed by atoms with Crippen molar-refractivity contribution in [3.8, 4) is 5.75 Å². The summed E-state index contributed by atoms with van der Waals surface area (Å²) in [5.41, 5.74) is 0.776. The predicted octanol–water partition coefficient (Wildman–Crippen LogP) is 2.33. The van der Waals surface area contributed by atoms with Gasteiger partial charge in [0.1, 0.15) is 5.75 Å². The van der Waals surface area contributed by atoms with Gasteiger partial charge in [-0.25, -0.2) is 0 Å². The van der Waals surface area contributed by atoms with E-state index in [4.69, 9.17) is 0 Å². The van der Waals surface area contributed by atoms with Crippen molar-refractivity contribution in [3.05, 3.63) is 23.8 Å². The fourth-order valence-electron chi connectivity index (χ4n) is 1.40. The van der Waals surface area contributed by atoms with Gasteiger partial charge in [-0.1, -0.05) is 6.92 Å². The van der Waals surface area contributed by atoms with E-state index in [1.807, 2.05) is 6.92 Å². The number of benzene rings is 1. The molecule has 0 aromatic heterocycles. The zero-order valence-corrected chi connectivity index (χ0v) is 9.41. The van der Waals surface area contributed by atoms with E-state index in [0.717, 1.165) is 6.42 Å². The number of aromatic hydroxyl groups is 1. The van der Waals surface area contributed by atoms with Crippen LogP contribution < -0.4 is 5.32 Å². The monoisotopic (exact) mass is 221 g/mol. The topological polar surface area (TPSA) is 66.4 Å². The minimum absolute atomic E-state index is 0.0486. The summed E-state index contributed by atoms with van der Waals surface area (Å²) >= 11 is 0. The third-order valence-corrected chi connectivity index (χ3v) is 2.09. The van der Waals surface area contributed by atoms with Gasteiger partial charge in [-0.3, -0.25) is 9.59 Å². The first-order chi connectivity index (χ1) is 7.54. The van der Waals surface area contributed by atoms with Crippen LogP contribution in [0.4, 0.5) is 5.69 Å². The Morgan fingerprint density at radius 3 is 2.62 bits per heavy atom. The molecule has 1 rings (SSSR count). The lowest BCUT2D eigenvalue weighted by atomic mass is 10.1. The highest BCUT2D eigenvalue weighted by Gasteiger charge is 2.11. The highest BCUT2D eigenvalue weighted by atomic mass is 16.3. The lowest BCUT2D eigenvalue weighted by molar-refractivity contribution is -0.114. The van der Waals surface area contributed by atoms with Gasteiger partial charge < -0.3 is 10.4 Å². The molecule has 0 spiro atoms. The summed E-state index contributed by atoms with van der Waals surface area (Å²) in [7, 11) is 0. The quantitative estimate of drug-likeness (QED) is 0.605. The van der Waals surface area contributed by atoms with Crippen LogP contribution in [-0.4, -0.2) is 16.8 Å². The maximum atomic E-state index is 11.6. The Hall–Kier alpha value is -1.84. The summed E-state index contributed by atoms with van der Waals surface area (Å²) in [5.74, 6) is -0.376. The molecular weight excluding hydrogens is 206 g/mol. The lowest BCUT2D eigenvalue weighted by Gasteiger charge is -2.06. The molecule has 0 unspecified atom stereocenters. The highest BCUT2D eigenvalue weighted by molar-refractivity contribution is 6.00. The molecule has 1 aromatic rings. The van der Waals surface area contributed by atoms with E-state index in [9.17, 15) is 14.7 Å². The molecule has 1 aromatic carbocycles. The van der Waals surface area contributed by atoms with Crippen LogP contribution in [0.1, 0.15) is 37.0 Å². The van der Waals surface area contributed by atoms with Crippen molar-refractivity contribution in [3.63, 3.8) is 0 Å². The van der Waals surface area contributed by atoms with Crippen molar-refractivity contribution >= 4 is 17.4 Å². The largest absolute Gasteiger partial charge is 0.507 e. The Morgan fingerprint density at radius 1 is 1.38 bits per heavy atom. The molecule has 0 aliphatic carbocycles. The number of rotatable bonds is 4. The Bertz CT molecular complexity index is 413. The maximum Gasteiger partial charge on any atom is 0.221 e. The van der Waals surface area contributed by atoms with Crippen LogP contribution in [0.5, 0.6) is 5.75 Å². The van der Waals surface area contributed by atoms with Crippen molar-refractivity contribution in [2.45, 2.75) is 26.7 Å². The minimum atomic E-state index is -0.209. The molecule has 2 N–H and O–H groups in total. The highest BCUT2D eigenvalue weighted by Crippen LogP contribution is 2.23. The summed E-state index contributed by atoms with van der Waals surface area (Å²) in [6, 6.07) is 4.46. The van der Waals surface area contributed by atoms with E-state index in [1.54, 1.807) is 6.07 Å². The fourth-order valence-corrected chi connectivity index (χ4v) is 1.40. The van der Waals surface area contributed by atoms with Gasteiger partial charge in [-0.2, -0.15) is 0 Å². The summed E-state index contributed by atoms with van der Waals surface area (Å²) < 4.78 is 0. The molecule has 0 aliphatic rings. The van der Waals surface area contributed by atoms with Gasteiger partial charge in [0.25, 0.3) is 0 Å². The van der Waals surface area contributed by atoms with Crippen LogP contribution in [0.25, 0.3) is 0 Å². The van der Waals surface area contributed by atoms with Gasteiger partial charge in [-0.15, -0.1) is 0 Å². The summed E-state index contributed by atoms with van der Waals surface area (Å²) in [5, 5.41) is 12.1. The van der Waals surface area contributed by atoms with Gasteiger partial charge in [0.15, 0.2) is 5.78 Å². The van der Waals surface area contributed by atoms with E-state index in [2.05, 4.69) is 5.32 Å². The number of hydrogen-bond donors (Lipinski definition) is 2. The van der Waals surface area contributed by atoms with Gasteiger partial charge >= 0.3 is 0 Å². The number of Topliss-reactive ketones (excluding diaryl/α,β-unsaturated/α-hetero) is 1. The second kappa shape index (κ2) is 5.30. The molecule has 0 heterocycles. The number of hydrogen-bond acceptors (Lipinski definition) is 3. The van der Waals surface area contributed by atoms with Crippen LogP contribution in [0, 0.1) is 0 Å². The summed E-state index contributed by atoms with van der Waals surface area (Å²) in [6.45, 7) is 3.28. The first kappa shape index (κ1) is 12.2. The first-order valence-corrected chi connectivity index (χ1v) is 5.18. The van der Waals surface area contributed by atoms with Gasteiger partial charge in [0.05, 0.1) is 5.56 Å². The van der Waals surface area contributed by atoms with Crippen LogP contribution >= 0.6 is 0 Å². The van der Waals surface area contributed by atoms with Crippen molar-refractivity contribution in [2.75, 3.05) is 5.32 Å². The molecule has 86 valence electrons. The average Bonchev–Trinajstić information content (AvgIpc) is 2.20. The molecular formula is C12H15NO3. The normalized spacial score (nSPS) is 9.88. The standard InChI is InChI=1S/C12H15NO3/c1-3-4-11(15)10-7-9(13-8(2)14)5-6-12(10)16/h5-7,16H,3-4H2,1-2H3,(H,13,14). The number of carbonyl (C=O) groups excluding carboxylic acids is 2. The second-order valence-electron chi connectivity index (χ2n) is 3.59. The number of ketones is 1.